The topological polar surface area (TPSA) is 85.4 Å². The molecule has 0 saturated heterocycles. The number of aromatic nitrogens is 1. The number of nitrogens with zero attached hydrogens (tertiary/aromatic N) is 1. The molecule has 0 atom stereocenters. The number of ether oxygens (including phenoxy) is 1. The van der Waals surface area contributed by atoms with Crippen LogP contribution in [0, 0.1) is 0 Å². The lowest BCUT2D eigenvalue weighted by Crippen LogP contribution is -2.06. The van der Waals surface area contributed by atoms with Crippen LogP contribution in [-0.4, -0.2) is 35.5 Å². The number of pyridine rings is 1. The maximum absolute atomic E-state index is 11.3. The Labute approximate surface area is 98.0 Å². The van der Waals surface area contributed by atoms with E-state index in [1.54, 1.807) is 6.07 Å². The van der Waals surface area contributed by atoms with E-state index in [0.717, 1.165) is 5.75 Å². The van der Waals surface area contributed by atoms with Crippen molar-refractivity contribution in [3.63, 3.8) is 0 Å². The summed E-state index contributed by atoms with van der Waals surface area (Å²) < 4.78 is 4.60. The van der Waals surface area contributed by atoms with Crippen LogP contribution in [0.2, 0.25) is 0 Å². The van der Waals surface area contributed by atoms with Crippen molar-refractivity contribution in [2.45, 2.75) is 11.4 Å². The van der Waals surface area contributed by atoms with E-state index in [0.29, 0.717) is 22.7 Å². The molecule has 88 valence electrons. The van der Waals surface area contributed by atoms with E-state index in [2.05, 4.69) is 9.72 Å². The number of hydrogen-bond donors (Lipinski definition) is 2. The third kappa shape index (κ3) is 3.39. The van der Waals surface area contributed by atoms with Crippen LogP contribution in [0.4, 0.5) is 5.69 Å². The monoisotopic (exact) mass is 242 g/mol. The Bertz CT molecular complexity index is 371. The van der Waals surface area contributed by atoms with Gasteiger partial charge >= 0.3 is 5.97 Å². The van der Waals surface area contributed by atoms with E-state index in [9.17, 15) is 4.79 Å². The van der Waals surface area contributed by atoms with Gasteiger partial charge in [0.05, 0.1) is 29.6 Å². The molecule has 3 N–H and O–H groups in total. The molecule has 1 heterocycles. The van der Waals surface area contributed by atoms with Gasteiger partial charge in [0.2, 0.25) is 0 Å². The Hall–Kier alpha value is -1.27. The summed E-state index contributed by atoms with van der Waals surface area (Å²) in [6, 6.07) is 1.60. The molecule has 0 bridgehead atoms. The molecule has 0 spiro atoms. The number of thioether (sulfide) groups is 1. The summed E-state index contributed by atoms with van der Waals surface area (Å²) in [7, 11) is 1.31. The number of carbonyl (C=O) groups excluding carboxylic acids is 1. The second kappa shape index (κ2) is 6.34. The Morgan fingerprint density at radius 2 is 2.44 bits per heavy atom. The van der Waals surface area contributed by atoms with Crippen LogP contribution in [-0.2, 0) is 4.74 Å². The molecule has 0 aliphatic heterocycles. The van der Waals surface area contributed by atoms with Gasteiger partial charge in [0.1, 0.15) is 0 Å². The Morgan fingerprint density at radius 1 is 1.69 bits per heavy atom. The van der Waals surface area contributed by atoms with Crippen molar-refractivity contribution in [2.24, 2.45) is 0 Å². The fourth-order valence-electron chi connectivity index (χ4n) is 1.05. The van der Waals surface area contributed by atoms with Gasteiger partial charge in [0, 0.05) is 12.4 Å². The second-order valence-corrected chi connectivity index (χ2v) is 4.14. The highest BCUT2D eigenvalue weighted by atomic mass is 32.2. The first-order valence-corrected chi connectivity index (χ1v) is 5.75. The first kappa shape index (κ1) is 12.8. The predicted molar refractivity (Wildman–Crippen MR) is 62.4 cm³/mol. The molecule has 1 aromatic rings. The Kier molecular flexibility index (Phi) is 5.07. The molecule has 16 heavy (non-hydrogen) atoms. The largest absolute Gasteiger partial charge is 0.465 e. The third-order valence-electron chi connectivity index (χ3n) is 1.87. The maximum Gasteiger partial charge on any atom is 0.340 e. The zero-order valence-electron chi connectivity index (χ0n) is 8.97. The van der Waals surface area contributed by atoms with E-state index in [-0.39, 0.29) is 6.61 Å². The molecule has 0 aliphatic rings. The first-order valence-electron chi connectivity index (χ1n) is 4.76. The predicted octanol–water partition coefficient (Wildman–Crippen LogP) is 0.925. The van der Waals surface area contributed by atoms with Crippen molar-refractivity contribution in [3.05, 3.63) is 17.8 Å². The zero-order valence-corrected chi connectivity index (χ0v) is 9.79. The number of nitrogens with two attached hydrogens (primary N) is 1. The Morgan fingerprint density at radius 3 is 3.06 bits per heavy atom. The lowest BCUT2D eigenvalue weighted by atomic mass is 10.2. The highest BCUT2D eigenvalue weighted by molar-refractivity contribution is 7.99. The van der Waals surface area contributed by atoms with Crippen molar-refractivity contribution in [2.75, 3.05) is 25.2 Å². The summed E-state index contributed by atoms with van der Waals surface area (Å²) in [5, 5.41) is 9.34. The molecular formula is C10H14N2O3S. The highest BCUT2D eigenvalue weighted by Crippen LogP contribution is 2.21. The summed E-state index contributed by atoms with van der Waals surface area (Å²) in [5.41, 5.74) is 6.24. The van der Waals surface area contributed by atoms with Crippen LogP contribution in [0.3, 0.4) is 0 Å². The van der Waals surface area contributed by atoms with Gasteiger partial charge in [-0.25, -0.2) is 9.78 Å². The van der Waals surface area contributed by atoms with Crippen LogP contribution in [0.5, 0.6) is 0 Å². The Balaban J connectivity index is 2.77. The molecule has 0 fully saturated rings. The molecule has 0 radical (unpaired) electrons. The van der Waals surface area contributed by atoms with Crippen molar-refractivity contribution in [1.29, 1.82) is 0 Å². The fraction of sp³-hybridized carbons (Fsp3) is 0.400. The molecule has 0 unspecified atom stereocenters. The smallest absolute Gasteiger partial charge is 0.340 e. The van der Waals surface area contributed by atoms with Crippen molar-refractivity contribution in [1.82, 2.24) is 4.98 Å². The third-order valence-corrected chi connectivity index (χ3v) is 2.88. The molecule has 0 saturated carbocycles. The lowest BCUT2D eigenvalue weighted by molar-refractivity contribution is 0.0601. The zero-order chi connectivity index (χ0) is 12.0. The minimum Gasteiger partial charge on any atom is -0.465 e. The number of methoxy groups -OCH3 is 1. The van der Waals surface area contributed by atoms with Gasteiger partial charge in [-0.3, -0.25) is 0 Å². The summed E-state index contributed by atoms with van der Waals surface area (Å²) in [6.07, 6.45) is 2.12. The highest BCUT2D eigenvalue weighted by Gasteiger charge is 2.11. The number of rotatable bonds is 5. The molecule has 1 rings (SSSR count). The summed E-state index contributed by atoms with van der Waals surface area (Å²) in [5.74, 6) is 0.275. The quantitative estimate of drug-likeness (QED) is 0.454. The van der Waals surface area contributed by atoms with Gasteiger partial charge in [-0.1, -0.05) is 0 Å². The molecule has 5 nitrogen and oxygen atoms in total. The van der Waals surface area contributed by atoms with E-state index in [1.165, 1.54) is 25.1 Å². The molecule has 6 heteroatoms. The lowest BCUT2D eigenvalue weighted by Gasteiger charge is -2.05. The van der Waals surface area contributed by atoms with E-state index in [1.807, 2.05) is 0 Å². The number of hydrogen-bond acceptors (Lipinski definition) is 6. The minimum atomic E-state index is -0.469. The minimum absolute atomic E-state index is 0.145. The van der Waals surface area contributed by atoms with Crippen LogP contribution in [0.1, 0.15) is 16.8 Å². The number of aliphatic hydroxyl groups is 1. The van der Waals surface area contributed by atoms with Crippen LogP contribution in [0.15, 0.2) is 17.3 Å². The van der Waals surface area contributed by atoms with E-state index < -0.39 is 5.97 Å². The van der Waals surface area contributed by atoms with Crippen molar-refractivity contribution >= 4 is 23.4 Å². The van der Waals surface area contributed by atoms with Gasteiger partial charge < -0.3 is 15.6 Å². The van der Waals surface area contributed by atoms with Crippen molar-refractivity contribution < 1.29 is 14.6 Å². The maximum atomic E-state index is 11.3. The van der Waals surface area contributed by atoms with Gasteiger partial charge in [-0.05, 0) is 12.5 Å². The van der Waals surface area contributed by atoms with Crippen LogP contribution < -0.4 is 5.73 Å². The van der Waals surface area contributed by atoms with Gasteiger partial charge in [-0.15, -0.1) is 11.8 Å². The SMILES string of the molecule is COC(=O)c1cc(SCCCO)ncc1N. The molecule has 1 aromatic heterocycles. The summed E-state index contributed by atoms with van der Waals surface area (Å²) >= 11 is 1.46. The molecule has 0 aliphatic carbocycles. The fourth-order valence-corrected chi connectivity index (χ4v) is 1.86. The van der Waals surface area contributed by atoms with Crippen LogP contribution in [0.25, 0.3) is 0 Å². The molecule has 0 aromatic carbocycles. The van der Waals surface area contributed by atoms with Crippen LogP contribution >= 0.6 is 11.8 Å². The average Bonchev–Trinajstić information content (AvgIpc) is 2.30. The van der Waals surface area contributed by atoms with Gasteiger partial charge in [0.15, 0.2) is 0 Å². The standard InChI is InChI=1S/C10H14N2O3S/c1-15-10(14)7-5-9(12-6-8(7)11)16-4-2-3-13/h5-6,13H,2-4,11H2,1H3. The average molecular weight is 242 g/mol. The number of esters is 1. The molecule has 0 amide bonds. The summed E-state index contributed by atoms with van der Waals surface area (Å²) in [6.45, 7) is 0.145. The van der Waals surface area contributed by atoms with Gasteiger partial charge in [-0.2, -0.15) is 0 Å². The first-order chi connectivity index (χ1) is 7.69. The van der Waals surface area contributed by atoms with Crippen molar-refractivity contribution in [3.8, 4) is 0 Å². The normalized spacial score (nSPS) is 10.1. The van der Waals surface area contributed by atoms with E-state index >= 15 is 0 Å². The number of anilines is 1. The number of nitrogen functional groups attached to an aromatic ring is 1. The summed E-state index contributed by atoms with van der Waals surface area (Å²) in [4.78, 5) is 15.4. The number of carbonyl (C=O) groups is 1. The molecular weight excluding hydrogens is 228 g/mol. The van der Waals surface area contributed by atoms with E-state index in [4.69, 9.17) is 10.8 Å². The van der Waals surface area contributed by atoms with Gasteiger partial charge in [0.25, 0.3) is 0 Å². The number of aliphatic hydroxyl groups excluding tert-OH is 1. The second-order valence-electron chi connectivity index (χ2n) is 3.03.